The Labute approximate surface area is 143 Å². The van der Waals surface area contributed by atoms with Crippen molar-refractivity contribution in [3.63, 3.8) is 0 Å². The molecule has 0 spiro atoms. The lowest BCUT2D eigenvalue weighted by atomic mass is 10.2. The summed E-state index contributed by atoms with van der Waals surface area (Å²) in [5.41, 5.74) is 0.843. The lowest BCUT2D eigenvalue weighted by Crippen LogP contribution is -2.23. The number of sulfonamides is 1. The van der Waals surface area contributed by atoms with Gasteiger partial charge in [0.15, 0.2) is 0 Å². The largest absolute Gasteiger partial charge is 0.349 e. The number of benzene rings is 2. The number of anilines is 1. The molecule has 23 heavy (non-hydrogen) atoms. The molecule has 0 heterocycles. The molecule has 120 valence electrons. The van der Waals surface area contributed by atoms with Gasteiger partial charge in [-0.05, 0) is 48.5 Å². The van der Waals surface area contributed by atoms with Gasteiger partial charge in [-0.2, -0.15) is 0 Å². The lowest BCUT2D eigenvalue weighted by Gasteiger charge is -2.09. The molecule has 2 N–H and O–H groups in total. The Bertz CT molecular complexity index is 800. The van der Waals surface area contributed by atoms with E-state index in [1.807, 2.05) is 0 Å². The van der Waals surface area contributed by atoms with E-state index in [4.69, 9.17) is 0 Å². The van der Waals surface area contributed by atoms with Crippen LogP contribution in [0.4, 0.5) is 5.69 Å². The predicted octanol–water partition coefficient (Wildman–Crippen LogP) is 3.17. The third-order valence-electron chi connectivity index (χ3n) is 2.93. The minimum absolute atomic E-state index is 0.0840. The highest BCUT2D eigenvalue weighted by Gasteiger charge is 2.15. The first kappa shape index (κ1) is 17.2. The molecule has 0 unspecified atom stereocenters. The van der Waals surface area contributed by atoms with Crippen LogP contribution in [0, 0.1) is 0 Å². The van der Waals surface area contributed by atoms with Crippen LogP contribution in [0.2, 0.25) is 0 Å². The molecule has 2 aromatic rings. The Morgan fingerprint density at radius 3 is 2.26 bits per heavy atom. The standard InChI is InChI=1S/C16H15BrN2O3S/c1-2-11-18-16(20)12-3-9-15(10-4-12)23(21,22)19-14-7-5-13(17)6-8-14/h2-10,19H,1,11H2,(H,18,20). The Kier molecular flexibility index (Phi) is 5.57. The summed E-state index contributed by atoms with van der Waals surface area (Å²) in [5, 5.41) is 2.63. The van der Waals surface area contributed by atoms with Gasteiger partial charge in [0.25, 0.3) is 15.9 Å². The predicted molar refractivity (Wildman–Crippen MR) is 93.9 cm³/mol. The van der Waals surface area contributed by atoms with Crippen LogP contribution in [-0.2, 0) is 10.0 Å². The maximum atomic E-state index is 12.3. The fourth-order valence-corrected chi connectivity index (χ4v) is 3.11. The summed E-state index contributed by atoms with van der Waals surface area (Å²) >= 11 is 3.29. The molecule has 0 aliphatic carbocycles. The maximum absolute atomic E-state index is 12.3. The van der Waals surface area contributed by atoms with Gasteiger partial charge in [-0.25, -0.2) is 8.42 Å². The van der Waals surface area contributed by atoms with Crippen LogP contribution in [0.5, 0.6) is 0 Å². The van der Waals surface area contributed by atoms with Crippen molar-refractivity contribution in [2.75, 3.05) is 11.3 Å². The summed E-state index contributed by atoms with van der Waals surface area (Å²) in [6, 6.07) is 12.5. The van der Waals surface area contributed by atoms with E-state index in [2.05, 4.69) is 32.5 Å². The molecule has 2 aromatic carbocycles. The van der Waals surface area contributed by atoms with E-state index in [1.54, 1.807) is 30.3 Å². The highest BCUT2D eigenvalue weighted by atomic mass is 79.9. The molecule has 0 aliphatic rings. The molecule has 0 saturated heterocycles. The molecule has 2 rings (SSSR count). The molecule has 0 aromatic heterocycles. The monoisotopic (exact) mass is 394 g/mol. The number of nitrogens with one attached hydrogen (secondary N) is 2. The fraction of sp³-hybridized carbons (Fsp3) is 0.0625. The number of carbonyl (C=O) groups excluding carboxylic acids is 1. The van der Waals surface area contributed by atoms with Crippen molar-refractivity contribution in [2.45, 2.75) is 4.90 Å². The van der Waals surface area contributed by atoms with Crippen molar-refractivity contribution in [3.05, 3.63) is 71.2 Å². The van der Waals surface area contributed by atoms with Gasteiger partial charge in [0.1, 0.15) is 0 Å². The van der Waals surface area contributed by atoms with E-state index < -0.39 is 10.0 Å². The Balaban J connectivity index is 2.15. The molecule has 1 amide bonds. The van der Waals surface area contributed by atoms with Crippen LogP contribution in [0.1, 0.15) is 10.4 Å². The summed E-state index contributed by atoms with van der Waals surface area (Å²) in [6.07, 6.45) is 1.57. The quantitative estimate of drug-likeness (QED) is 0.738. The van der Waals surface area contributed by atoms with Crippen molar-refractivity contribution in [3.8, 4) is 0 Å². The minimum Gasteiger partial charge on any atom is -0.349 e. The van der Waals surface area contributed by atoms with Crippen molar-refractivity contribution in [1.82, 2.24) is 5.32 Å². The van der Waals surface area contributed by atoms with Gasteiger partial charge in [0.05, 0.1) is 4.90 Å². The average molecular weight is 395 g/mol. The van der Waals surface area contributed by atoms with Crippen molar-refractivity contribution < 1.29 is 13.2 Å². The van der Waals surface area contributed by atoms with Gasteiger partial charge in [0, 0.05) is 22.3 Å². The molecule has 5 nitrogen and oxygen atoms in total. The second-order valence-electron chi connectivity index (χ2n) is 4.64. The molecule has 0 bridgehead atoms. The Morgan fingerprint density at radius 1 is 1.09 bits per heavy atom. The van der Waals surface area contributed by atoms with E-state index in [0.717, 1.165) is 4.47 Å². The smallest absolute Gasteiger partial charge is 0.261 e. The molecule has 0 radical (unpaired) electrons. The number of hydrogen-bond donors (Lipinski definition) is 2. The van der Waals surface area contributed by atoms with E-state index in [9.17, 15) is 13.2 Å². The normalized spacial score (nSPS) is 10.8. The number of amides is 1. The zero-order valence-electron chi connectivity index (χ0n) is 12.1. The van der Waals surface area contributed by atoms with Gasteiger partial charge >= 0.3 is 0 Å². The van der Waals surface area contributed by atoms with Crippen LogP contribution in [0.25, 0.3) is 0 Å². The third kappa shape index (κ3) is 4.67. The molecule has 0 atom stereocenters. The van der Waals surface area contributed by atoms with Crippen LogP contribution in [-0.4, -0.2) is 20.9 Å². The summed E-state index contributed by atoms with van der Waals surface area (Å²) in [7, 11) is -3.70. The number of hydrogen-bond acceptors (Lipinski definition) is 3. The zero-order valence-corrected chi connectivity index (χ0v) is 14.5. The molecular weight excluding hydrogens is 380 g/mol. The molecule has 7 heteroatoms. The number of rotatable bonds is 6. The van der Waals surface area contributed by atoms with E-state index in [-0.39, 0.29) is 10.8 Å². The summed E-state index contributed by atoms with van der Waals surface area (Å²) in [4.78, 5) is 11.8. The highest BCUT2D eigenvalue weighted by Crippen LogP contribution is 2.19. The number of carbonyl (C=O) groups is 1. The Hall–Kier alpha value is -2.12. The SMILES string of the molecule is C=CCNC(=O)c1ccc(S(=O)(=O)Nc2ccc(Br)cc2)cc1. The summed E-state index contributed by atoms with van der Waals surface area (Å²) < 4.78 is 27.9. The van der Waals surface area contributed by atoms with Crippen LogP contribution in [0.15, 0.2) is 70.6 Å². The van der Waals surface area contributed by atoms with Gasteiger partial charge in [0.2, 0.25) is 0 Å². The molecular formula is C16H15BrN2O3S. The third-order valence-corrected chi connectivity index (χ3v) is 4.86. The zero-order chi connectivity index (χ0) is 16.9. The highest BCUT2D eigenvalue weighted by molar-refractivity contribution is 9.10. The summed E-state index contributed by atoms with van der Waals surface area (Å²) in [5.74, 6) is -0.283. The first-order chi connectivity index (χ1) is 10.9. The van der Waals surface area contributed by atoms with Gasteiger partial charge < -0.3 is 5.32 Å². The topological polar surface area (TPSA) is 75.3 Å². The molecule has 0 aliphatic heterocycles. The van der Waals surface area contributed by atoms with Crippen molar-refractivity contribution in [2.24, 2.45) is 0 Å². The minimum atomic E-state index is -3.70. The van der Waals surface area contributed by atoms with Gasteiger partial charge in [-0.3, -0.25) is 9.52 Å². The Morgan fingerprint density at radius 2 is 1.70 bits per heavy atom. The van der Waals surface area contributed by atoms with Crippen LogP contribution >= 0.6 is 15.9 Å². The lowest BCUT2D eigenvalue weighted by molar-refractivity contribution is 0.0958. The van der Waals surface area contributed by atoms with E-state index in [0.29, 0.717) is 17.8 Å². The second-order valence-corrected chi connectivity index (χ2v) is 7.23. The van der Waals surface area contributed by atoms with E-state index >= 15 is 0 Å². The van der Waals surface area contributed by atoms with Crippen LogP contribution < -0.4 is 10.0 Å². The van der Waals surface area contributed by atoms with Crippen molar-refractivity contribution in [1.29, 1.82) is 0 Å². The first-order valence-corrected chi connectivity index (χ1v) is 8.97. The van der Waals surface area contributed by atoms with E-state index in [1.165, 1.54) is 24.3 Å². The average Bonchev–Trinajstić information content (AvgIpc) is 2.54. The maximum Gasteiger partial charge on any atom is 0.261 e. The van der Waals surface area contributed by atoms with Gasteiger partial charge in [-0.1, -0.05) is 22.0 Å². The first-order valence-electron chi connectivity index (χ1n) is 6.70. The van der Waals surface area contributed by atoms with Crippen molar-refractivity contribution >= 4 is 37.5 Å². The summed E-state index contributed by atoms with van der Waals surface area (Å²) in [6.45, 7) is 3.86. The fourth-order valence-electron chi connectivity index (χ4n) is 1.78. The van der Waals surface area contributed by atoms with Gasteiger partial charge in [-0.15, -0.1) is 6.58 Å². The molecule has 0 fully saturated rings. The molecule has 0 saturated carbocycles. The second kappa shape index (κ2) is 7.43. The van der Waals surface area contributed by atoms with Crippen LogP contribution in [0.3, 0.4) is 0 Å². The number of halogens is 1.